The van der Waals surface area contributed by atoms with Crippen LogP contribution >= 0.6 is 0 Å². The summed E-state index contributed by atoms with van der Waals surface area (Å²) in [4.78, 5) is 49.1. The van der Waals surface area contributed by atoms with Gasteiger partial charge < -0.3 is 25.6 Å². The summed E-state index contributed by atoms with van der Waals surface area (Å²) < 4.78 is 0. The van der Waals surface area contributed by atoms with Crippen LogP contribution in [-0.4, -0.2) is 62.6 Å². The maximum absolute atomic E-state index is 11.8. The van der Waals surface area contributed by atoms with Gasteiger partial charge in [-0.3, -0.25) is 24.1 Å². The number of aromatic amines is 1. The van der Waals surface area contributed by atoms with E-state index in [0.29, 0.717) is 22.2 Å². The summed E-state index contributed by atoms with van der Waals surface area (Å²) in [6, 6.07) is 3.59. The van der Waals surface area contributed by atoms with Gasteiger partial charge in [-0.15, -0.1) is 0 Å². The first-order chi connectivity index (χ1) is 12.7. The molecule has 0 aliphatic rings. The SMILES string of the molecule is CN(CC(=O)O)C(C(=O)O)c1c[nH]c2ccc(NC(=O)CCC(=O)O)cc12. The second-order valence-electron chi connectivity index (χ2n) is 6.00. The lowest BCUT2D eigenvalue weighted by atomic mass is 10.0. The number of carboxylic acids is 3. The molecule has 5 N–H and O–H groups in total. The Morgan fingerprint density at radius 1 is 1.11 bits per heavy atom. The number of hydrogen-bond acceptors (Lipinski definition) is 5. The monoisotopic (exact) mass is 377 g/mol. The fourth-order valence-corrected chi connectivity index (χ4v) is 2.75. The summed E-state index contributed by atoms with van der Waals surface area (Å²) in [6.45, 7) is -0.463. The van der Waals surface area contributed by atoms with Crippen molar-refractivity contribution < 1.29 is 34.5 Å². The van der Waals surface area contributed by atoms with Crippen molar-refractivity contribution in [2.75, 3.05) is 18.9 Å². The van der Waals surface area contributed by atoms with Crippen LogP contribution in [0.25, 0.3) is 10.9 Å². The minimum Gasteiger partial charge on any atom is -0.481 e. The number of nitrogens with one attached hydrogen (secondary N) is 2. The second-order valence-corrected chi connectivity index (χ2v) is 6.00. The van der Waals surface area contributed by atoms with Crippen molar-refractivity contribution in [3.8, 4) is 0 Å². The van der Waals surface area contributed by atoms with Crippen LogP contribution in [0.2, 0.25) is 0 Å². The Labute approximate surface area is 153 Å². The third-order valence-corrected chi connectivity index (χ3v) is 3.92. The van der Waals surface area contributed by atoms with Gasteiger partial charge in [0, 0.05) is 34.8 Å². The molecular weight excluding hydrogens is 358 g/mol. The number of aliphatic carboxylic acids is 3. The minimum atomic E-state index is -1.21. The molecule has 0 fully saturated rings. The number of fused-ring (bicyclic) bond motifs is 1. The highest BCUT2D eigenvalue weighted by atomic mass is 16.4. The van der Waals surface area contributed by atoms with Crippen molar-refractivity contribution in [3.63, 3.8) is 0 Å². The summed E-state index contributed by atoms with van der Waals surface area (Å²) in [6.07, 6.45) is 0.995. The molecule has 1 aromatic heterocycles. The van der Waals surface area contributed by atoms with Crippen LogP contribution in [0.5, 0.6) is 0 Å². The molecule has 0 saturated carbocycles. The van der Waals surface area contributed by atoms with E-state index in [4.69, 9.17) is 10.2 Å². The summed E-state index contributed by atoms with van der Waals surface area (Å²) in [5.74, 6) is -3.93. The molecule has 1 amide bonds. The largest absolute Gasteiger partial charge is 0.481 e. The lowest BCUT2D eigenvalue weighted by Gasteiger charge is -2.22. The number of H-pyrrole nitrogens is 1. The van der Waals surface area contributed by atoms with Crippen molar-refractivity contribution in [2.45, 2.75) is 18.9 Å². The van der Waals surface area contributed by atoms with E-state index >= 15 is 0 Å². The number of rotatable bonds is 9. The first-order valence-electron chi connectivity index (χ1n) is 7.96. The van der Waals surface area contributed by atoms with Gasteiger partial charge in [-0.25, -0.2) is 0 Å². The van der Waals surface area contributed by atoms with Gasteiger partial charge in [-0.05, 0) is 25.2 Å². The van der Waals surface area contributed by atoms with E-state index in [9.17, 15) is 24.3 Å². The number of carbonyl (C=O) groups is 4. The molecule has 0 radical (unpaired) electrons. The third-order valence-electron chi connectivity index (χ3n) is 3.92. The number of hydrogen-bond donors (Lipinski definition) is 5. The molecule has 0 aliphatic heterocycles. The fraction of sp³-hybridized carbons (Fsp3) is 0.294. The molecular formula is C17H19N3O7. The van der Waals surface area contributed by atoms with Crippen LogP contribution < -0.4 is 5.32 Å². The number of likely N-dealkylation sites (N-methyl/N-ethyl adjacent to an activating group) is 1. The second kappa shape index (κ2) is 8.32. The van der Waals surface area contributed by atoms with Gasteiger partial charge in [0.1, 0.15) is 6.04 Å². The first kappa shape index (κ1) is 19.9. The Balaban J connectivity index is 2.32. The van der Waals surface area contributed by atoms with Crippen LogP contribution in [0, 0.1) is 0 Å². The van der Waals surface area contributed by atoms with Crippen LogP contribution in [0.1, 0.15) is 24.4 Å². The molecule has 1 aromatic carbocycles. The number of carboxylic acid groups (broad SMARTS) is 3. The van der Waals surface area contributed by atoms with Gasteiger partial charge in [0.25, 0.3) is 0 Å². The Kier molecular flexibility index (Phi) is 6.14. The predicted octanol–water partition coefficient (Wildman–Crippen LogP) is 1.11. The summed E-state index contributed by atoms with van der Waals surface area (Å²) >= 11 is 0. The normalized spacial score (nSPS) is 12.1. The third kappa shape index (κ3) is 5.05. The molecule has 2 aromatic rings. The summed E-state index contributed by atoms with van der Waals surface area (Å²) in [5, 5.41) is 30.2. The van der Waals surface area contributed by atoms with Gasteiger partial charge in [-0.2, -0.15) is 0 Å². The number of amides is 1. The van der Waals surface area contributed by atoms with E-state index in [1.54, 1.807) is 18.2 Å². The quantitative estimate of drug-likeness (QED) is 0.434. The molecule has 144 valence electrons. The van der Waals surface area contributed by atoms with E-state index in [2.05, 4.69) is 10.3 Å². The Morgan fingerprint density at radius 2 is 1.81 bits per heavy atom. The van der Waals surface area contributed by atoms with Crippen LogP contribution in [0.15, 0.2) is 24.4 Å². The zero-order chi connectivity index (χ0) is 20.1. The van der Waals surface area contributed by atoms with E-state index < -0.39 is 36.4 Å². The van der Waals surface area contributed by atoms with Gasteiger partial charge in [-0.1, -0.05) is 0 Å². The minimum absolute atomic E-state index is 0.188. The number of anilines is 1. The lowest BCUT2D eigenvalue weighted by Crippen LogP contribution is -2.34. The van der Waals surface area contributed by atoms with Crippen molar-refractivity contribution in [1.82, 2.24) is 9.88 Å². The number of aromatic nitrogens is 1. The van der Waals surface area contributed by atoms with Crippen molar-refractivity contribution in [1.29, 1.82) is 0 Å². The molecule has 0 spiro atoms. The highest BCUT2D eigenvalue weighted by Crippen LogP contribution is 2.30. The summed E-state index contributed by atoms with van der Waals surface area (Å²) in [5.41, 5.74) is 1.34. The molecule has 27 heavy (non-hydrogen) atoms. The Morgan fingerprint density at radius 3 is 2.41 bits per heavy atom. The zero-order valence-corrected chi connectivity index (χ0v) is 14.4. The van der Waals surface area contributed by atoms with Gasteiger partial charge >= 0.3 is 17.9 Å². The van der Waals surface area contributed by atoms with Gasteiger partial charge in [0.2, 0.25) is 5.91 Å². The molecule has 0 aliphatic carbocycles. The Hall–Kier alpha value is -3.40. The maximum atomic E-state index is 11.8. The van der Waals surface area contributed by atoms with Crippen molar-refractivity contribution in [2.24, 2.45) is 0 Å². The van der Waals surface area contributed by atoms with Crippen LogP contribution in [-0.2, 0) is 19.2 Å². The predicted molar refractivity (Wildman–Crippen MR) is 94.4 cm³/mol. The zero-order valence-electron chi connectivity index (χ0n) is 14.4. The first-order valence-corrected chi connectivity index (χ1v) is 7.96. The van der Waals surface area contributed by atoms with Crippen molar-refractivity contribution >= 4 is 40.4 Å². The highest BCUT2D eigenvalue weighted by molar-refractivity contribution is 5.96. The van der Waals surface area contributed by atoms with Crippen molar-refractivity contribution in [3.05, 3.63) is 30.0 Å². The maximum Gasteiger partial charge on any atom is 0.325 e. The fourth-order valence-electron chi connectivity index (χ4n) is 2.75. The van der Waals surface area contributed by atoms with E-state index in [1.807, 2.05) is 0 Å². The van der Waals surface area contributed by atoms with Gasteiger partial charge in [0.05, 0.1) is 13.0 Å². The molecule has 1 atom stereocenters. The molecule has 0 bridgehead atoms. The average Bonchev–Trinajstić information content (AvgIpc) is 2.95. The average molecular weight is 377 g/mol. The molecule has 10 nitrogen and oxygen atoms in total. The smallest absolute Gasteiger partial charge is 0.325 e. The molecule has 10 heteroatoms. The van der Waals surface area contributed by atoms with E-state index in [1.165, 1.54) is 18.1 Å². The lowest BCUT2D eigenvalue weighted by molar-refractivity contribution is -0.145. The standard InChI is InChI=1S/C17H19N3O7/c1-20(8-15(24)25)16(17(26)27)11-7-18-12-3-2-9(6-10(11)12)19-13(21)4-5-14(22)23/h2-3,6-7,16,18H,4-5,8H2,1H3,(H,19,21)(H,22,23)(H,24,25)(H,26,27). The molecule has 2 rings (SSSR count). The van der Waals surface area contributed by atoms with E-state index in [0.717, 1.165) is 0 Å². The number of nitrogens with zero attached hydrogens (tertiary/aromatic N) is 1. The number of benzene rings is 1. The molecule has 1 heterocycles. The summed E-state index contributed by atoms with van der Waals surface area (Å²) in [7, 11) is 1.39. The number of carbonyl (C=O) groups excluding carboxylic acids is 1. The van der Waals surface area contributed by atoms with E-state index in [-0.39, 0.29) is 12.8 Å². The molecule has 0 saturated heterocycles. The molecule has 1 unspecified atom stereocenters. The van der Waals surface area contributed by atoms with Crippen LogP contribution in [0.3, 0.4) is 0 Å². The highest BCUT2D eigenvalue weighted by Gasteiger charge is 2.28. The van der Waals surface area contributed by atoms with Crippen LogP contribution in [0.4, 0.5) is 5.69 Å². The Bertz CT molecular complexity index is 890. The topological polar surface area (TPSA) is 160 Å². The van der Waals surface area contributed by atoms with Gasteiger partial charge in [0.15, 0.2) is 0 Å².